The van der Waals surface area contributed by atoms with Gasteiger partial charge < -0.3 is 15.6 Å². The van der Waals surface area contributed by atoms with Gasteiger partial charge in [-0.05, 0) is 12.0 Å². The topological polar surface area (TPSA) is 116 Å². The molecule has 1 aromatic carbocycles. The Bertz CT molecular complexity index is 447. The molecule has 0 saturated carbocycles. The van der Waals surface area contributed by atoms with Crippen LogP contribution in [0.3, 0.4) is 0 Å². The van der Waals surface area contributed by atoms with Crippen molar-refractivity contribution in [2.24, 2.45) is 11.7 Å². The smallest absolute Gasteiger partial charge is 0.313 e. The molecule has 0 aliphatic carbocycles. The summed E-state index contributed by atoms with van der Waals surface area (Å²) in [4.78, 5) is 21.5. The molecule has 1 aromatic rings. The highest BCUT2D eigenvalue weighted by Gasteiger charge is 2.25. The van der Waals surface area contributed by atoms with Crippen molar-refractivity contribution >= 4 is 11.7 Å². The third kappa shape index (κ3) is 3.51. The van der Waals surface area contributed by atoms with Crippen LogP contribution in [-0.2, 0) is 16.0 Å². The Morgan fingerprint density at radius 2 is 2.28 bits per heavy atom. The molecule has 0 spiro atoms. The minimum Gasteiger partial charge on any atom is -0.469 e. The molecule has 2 atom stereocenters. The number of carbonyl (C=O) groups is 1. The normalized spacial score (nSPS) is 13.7. The van der Waals surface area contributed by atoms with Crippen molar-refractivity contribution in [2.45, 2.75) is 12.6 Å². The number of hydrogen-bond donors (Lipinski definition) is 2. The largest absolute Gasteiger partial charge is 0.469 e. The molecule has 0 saturated heterocycles. The second-order valence-corrected chi connectivity index (χ2v) is 3.75. The average Bonchev–Trinajstić information content (AvgIpc) is 2.35. The number of methoxy groups -OCH3 is 1. The number of non-ortho nitro benzene ring substituents is 1. The summed E-state index contributed by atoms with van der Waals surface area (Å²) in [6.07, 6.45) is -1.30. The molecule has 3 N–H and O–H groups in total. The predicted octanol–water partition coefficient (Wildman–Crippen LogP) is 0.204. The Morgan fingerprint density at radius 3 is 2.78 bits per heavy atom. The molecule has 2 unspecified atom stereocenters. The van der Waals surface area contributed by atoms with Crippen LogP contribution in [0, 0.1) is 16.0 Å². The molecule has 0 radical (unpaired) electrons. The first kappa shape index (κ1) is 14.1. The Morgan fingerprint density at radius 1 is 1.61 bits per heavy atom. The summed E-state index contributed by atoms with van der Waals surface area (Å²) in [5.41, 5.74) is 5.73. The fourth-order valence-corrected chi connectivity index (χ4v) is 1.55. The van der Waals surface area contributed by atoms with Gasteiger partial charge in [-0.25, -0.2) is 0 Å². The summed E-state index contributed by atoms with van der Waals surface area (Å²) in [5, 5.41) is 19.9. The Kier molecular flexibility index (Phi) is 4.75. The number of benzene rings is 1. The van der Waals surface area contributed by atoms with Crippen LogP contribution in [0.25, 0.3) is 0 Å². The van der Waals surface area contributed by atoms with Crippen molar-refractivity contribution in [3.05, 3.63) is 39.9 Å². The van der Waals surface area contributed by atoms with Gasteiger partial charge in [0.2, 0.25) is 0 Å². The lowest BCUT2D eigenvalue weighted by atomic mass is 9.97. The zero-order chi connectivity index (χ0) is 13.7. The quantitative estimate of drug-likeness (QED) is 0.335. The van der Waals surface area contributed by atoms with E-state index in [1.165, 1.54) is 25.3 Å². The van der Waals surface area contributed by atoms with Crippen LogP contribution in [-0.4, -0.2) is 29.3 Å². The second-order valence-electron chi connectivity index (χ2n) is 3.75. The molecule has 0 aliphatic heterocycles. The van der Waals surface area contributed by atoms with Crippen LogP contribution in [0.5, 0.6) is 0 Å². The Labute approximate surface area is 103 Å². The van der Waals surface area contributed by atoms with Crippen molar-refractivity contribution in [3.8, 4) is 0 Å². The minimum atomic E-state index is -1.38. The van der Waals surface area contributed by atoms with Crippen molar-refractivity contribution in [1.82, 2.24) is 0 Å². The van der Waals surface area contributed by atoms with E-state index in [2.05, 4.69) is 4.74 Å². The summed E-state index contributed by atoms with van der Waals surface area (Å²) in [5.74, 6) is -1.60. The summed E-state index contributed by atoms with van der Waals surface area (Å²) in [7, 11) is 1.19. The summed E-state index contributed by atoms with van der Waals surface area (Å²) in [6, 6.07) is 5.80. The Balaban J connectivity index is 2.90. The summed E-state index contributed by atoms with van der Waals surface area (Å²) < 4.78 is 4.51. The van der Waals surface area contributed by atoms with E-state index in [0.29, 0.717) is 5.56 Å². The number of aliphatic hydroxyl groups excluding tert-OH is 1. The highest BCUT2D eigenvalue weighted by Crippen LogP contribution is 2.17. The van der Waals surface area contributed by atoms with E-state index >= 15 is 0 Å². The van der Waals surface area contributed by atoms with Crippen LogP contribution in [0.2, 0.25) is 0 Å². The van der Waals surface area contributed by atoms with E-state index in [1.807, 2.05) is 0 Å². The van der Waals surface area contributed by atoms with Gasteiger partial charge in [0, 0.05) is 12.1 Å². The number of nitro benzene ring substituents is 1. The molecule has 7 heteroatoms. The maximum Gasteiger partial charge on any atom is 0.313 e. The van der Waals surface area contributed by atoms with E-state index in [4.69, 9.17) is 5.73 Å². The first-order valence-corrected chi connectivity index (χ1v) is 5.20. The fraction of sp³-hybridized carbons (Fsp3) is 0.364. The molecule has 0 aromatic heterocycles. The number of nitrogens with zero attached hydrogens (tertiary/aromatic N) is 1. The zero-order valence-electron chi connectivity index (χ0n) is 9.78. The van der Waals surface area contributed by atoms with Crippen LogP contribution in [0.15, 0.2) is 24.3 Å². The number of nitrogens with two attached hydrogens (primary N) is 1. The Hall–Kier alpha value is -1.99. The minimum absolute atomic E-state index is 0.0754. The first-order chi connectivity index (χ1) is 8.45. The van der Waals surface area contributed by atoms with E-state index in [1.54, 1.807) is 6.07 Å². The highest BCUT2D eigenvalue weighted by atomic mass is 16.6. The number of rotatable bonds is 5. The number of carbonyl (C=O) groups excluding carboxylic acids is 1. The monoisotopic (exact) mass is 254 g/mol. The predicted molar refractivity (Wildman–Crippen MR) is 62.5 cm³/mol. The molecule has 98 valence electrons. The molecular weight excluding hydrogens is 240 g/mol. The number of ether oxygens (including phenoxy) is 1. The lowest BCUT2D eigenvalue weighted by molar-refractivity contribution is -0.384. The molecule has 0 bridgehead atoms. The number of hydrogen-bond acceptors (Lipinski definition) is 6. The third-order valence-corrected chi connectivity index (χ3v) is 2.49. The van der Waals surface area contributed by atoms with Gasteiger partial charge in [-0.2, -0.15) is 0 Å². The van der Waals surface area contributed by atoms with Crippen LogP contribution < -0.4 is 5.73 Å². The number of nitro groups is 1. The van der Waals surface area contributed by atoms with Gasteiger partial charge in [-0.1, -0.05) is 12.1 Å². The molecule has 1 rings (SSSR count). The fourth-order valence-electron chi connectivity index (χ4n) is 1.55. The van der Waals surface area contributed by atoms with Gasteiger partial charge in [-0.3, -0.25) is 14.9 Å². The zero-order valence-corrected chi connectivity index (χ0v) is 9.78. The van der Waals surface area contributed by atoms with E-state index in [0.717, 1.165) is 0 Å². The third-order valence-electron chi connectivity index (χ3n) is 2.49. The molecule has 0 amide bonds. The van der Waals surface area contributed by atoms with Gasteiger partial charge in [0.1, 0.15) is 6.23 Å². The van der Waals surface area contributed by atoms with Crippen LogP contribution in [0.1, 0.15) is 5.56 Å². The molecule has 0 heterocycles. The molecule has 7 nitrogen and oxygen atoms in total. The SMILES string of the molecule is COC(=O)C(Cc1cccc([N+](=O)[O-])c1)C(N)O. The highest BCUT2D eigenvalue weighted by molar-refractivity contribution is 5.73. The maximum atomic E-state index is 11.4. The molecule has 0 fully saturated rings. The van der Waals surface area contributed by atoms with Crippen molar-refractivity contribution in [2.75, 3.05) is 7.11 Å². The van der Waals surface area contributed by atoms with E-state index in [9.17, 15) is 20.0 Å². The first-order valence-electron chi connectivity index (χ1n) is 5.20. The number of esters is 1. The van der Waals surface area contributed by atoms with Gasteiger partial charge in [0.05, 0.1) is 18.0 Å². The number of aliphatic hydroxyl groups is 1. The average molecular weight is 254 g/mol. The van der Waals surface area contributed by atoms with Crippen molar-refractivity contribution in [3.63, 3.8) is 0 Å². The standard InChI is InChI=1S/C11H14N2O5/c1-18-11(15)9(10(12)14)6-7-3-2-4-8(5-7)13(16)17/h2-5,9-10,14H,6,12H2,1H3. The summed E-state index contributed by atoms with van der Waals surface area (Å²) in [6.45, 7) is 0. The van der Waals surface area contributed by atoms with Crippen LogP contribution >= 0.6 is 0 Å². The van der Waals surface area contributed by atoms with Gasteiger partial charge in [0.15, 0.2) is 0 Å². The molecular formula is C11H14N2O5. The summed E-state index contributed by atoms with van der Waals surface area (Å²) >= 11 is 0. The van der Waals surface area contributed by atoms with Gasteiger partial charge in [-0.15, -0.1) is 0 Å². The second kappa shape index (κ2) is 6.08. The van der Waals surface area contributed by atoms with Crippen molar-refractivity contribution < 1.29 is 19.6 Å². The van der Waals surface area contributed by atoms with E-state index in [-0.39, 0.29) is 12.1 Å². The van der Waals surface area contributed by atoms with Crippen molar-refractivity contribution in [1.29, 1.82) is 0 Å². The lowest BCUT2D eigenvalue weighted by Crippen LogP contribution is -2.37. The van der Waals surface area contributed by atoms with Gasteiger partial charge >= 0.3 is 5.97 Å². The molecule has 0 aliphatic rings. The lowest BCUT2D eigenvalue weighted by Gasteiger charge is -2.17. The van der Waals surface area contributed by atoms with Gasteiger partial charge in [0.25, 0.3) is 5.69 Å². The van der Waals surface area contributed by atoms with E-state index < -0.39 is 23.0 Å². The molecule has 18 heavy (non-hydrogen) atoms. The van der Waals surface area contributed by atoms with Crippen LogP contribution in [0.4, 0.5) is 5.69 Å². The maximum absolute atomic E-state index is 11.4.